The molecular formula is C16H20Cl2N4O. The van der Waals surface area contributed by atoms with Crippen molar-refractivity contribution in [2.24, 2.45) is 5.92 Å². The molecule has 1 aromatic heterocycles. The van der Waals surface area contributed by atoms with Gasteiger partial charge in [0.2, 0.25) is 0 Å². The molecule has 0 aliphatic carbocycles. The van der Waals surface area contributed by atoms with Gasteiger partial charge in [-0.2, -0.15) is 5.10 Å². The lowest BCUT2D eigenvalue weighted by atomic mass is 9.94. The van der Waals surface area contributed by atoms with E-state index in [9.17, 15) is 4.79 Å². The first-order chi connectivity index (χ1) is 10.6. The number of amides is 1. The van der Waals surface area contributed by atoms with Gasteiger partial charge in [0.25, 0.3) is 5.91 Å². The third kappa shape index (κ3) is 4.25. The highest BCUT2D eigenvalue weighted by molar-refractivity contribution is 6.30. The molecule has 7 heteroatoms. The van der Waals surface area contributed by atoms with Crippen LogP contribution in [0.15, 0.2) is 36.7 Å². The molecule has 0 spiro atoms. The van der Waals surface area contributed by atoms with Crippen molar-refractivity contribution in [2.45, 2.75) is 19.4 Å². The van der Waals surface area contributed by atoms with Gasteiger partial charge < -0.3 is 10.6 Å². The standard InChI is InChI=1S/C16H19ClN4O.ClH/c1-11-6-7-18-9-15(11)20-16(22)12-8-19-21(10-12)14-4-2-13(17)3-5-14;/h2-5,8,10-11,15,18H,6-7,9H2,1H3,(H,20,22);1H. The van der Waals surface area contributed by atoms with E-state index >= 15 is 0 Å². The smallest absolute Gasteiger partial charge is 0.254 e. The predicted octanol–water partition coefficient (Wildman–Crippen LogP) is 2.68. The van der Waals surface area contributed by atoms with Gasteiger partial charge >= 0.3 is 0 Å². The van der Waals surface area contributed by atoms with Gasteiger partial charge in [-0.25, -0.2) is 4.68 Å². The number of piperidine rings is 1. The van der Waals surface area contributed by atoms with Crippen LogP contribution in [0.3, 0.4) is 0 Å². The van der Waals surface area contributed by atoms with Crippen LogP contribution in [-0.4, -0.2) is 34.8 Å². The molecule has 2 unspecified atom stereocenters. The fourth-order valence-corrected chi connectivity index (χ4v) is 2.74. The second-order valence-electron chi connectivity index (χ2n) is 5.70. The van der Waals surface area contributed by atoms with Crippen LogP contribution >= 0.6 is 24.0 Å². The van der Waals surface area contributed by atoms with E-state index in [-0.39, 0.29) is 24.4 Å². The molecule has 2 atom stereocenters. The number of benzene rings is 1. The highest BCUT2D eigenvalue weighted by Gasteiger charge is 2.23. The quantitative estimate of drug-likeness (QED) is 0.890. The minimum Gasteiger partial charge on any atom is -0.348 e. The first kappa shape index (κ1) is 17.8. The molecule has 3 rings (SSSR count). The van der Waals surface area contributed by atoms with E-state index in [2.05, 4.69) is 22.7 Å². The van der Waals surface area contributed by atoms with Crippen molar-refractivity contribution in [1.29, 1.82) is 0 Å². The maximum absolute atomic E-state index is 12.3. The number of aromatic nitrogens is 2. The Hall–Kier alpha value is -1.56. The molecule has 1 aliphatic rings. The molecule has 2 aromatic rings. The largest absolute Gasteiger partial charge is 0.348 e. The summed E-state index contributed by atoms with van der Waals surface area (Å²) < 4.78 is 1.67. The highest BCUT2D eigenvalue weighted by atomic mass is 35.5. The molecule has 1 aromatic carbocycles. The fraction of sp³-hybridized carbons (Fsp3) is 0.375. The molecule has 124 valence electrons. The molecule has 0 saturated carbocycles. The van der Waals surface area contributed by atoms with E-state index in [1.54, 1.807) is 29.2 Å². The average molecular weight is 355 g/mol. The Morgan fingerprint density at radius 1 is 1.39 bits per heavy atom. The van der Waals surface area contributed by atoms with Gasteiger partial charge in [0.05, 0.1) is 17.4 Å². The zero-order chi connectivity index (χ0) is 15.5. The van der Waals surface area contributed by atoms with Gasteiger partial charge in [-0.05, 0) is 43.1 Å². The van der Waals surface area contributed by atoms with Crippen molar-refractivity contribution in [1.82, 2.24) is 20.4 Å². The Kier molecular flexibility index (Phi) is 6.04. The molecule has 2 N–H and O–H groups in total. The number of carbonyl (C=O) groups excluding carboxylic acids is 1. The molecule has 2 heterocycles. The van der Waals surface area contributed by atoms with Gasteiger partial charge in [-0.15, -0.1) is 12.4 Å². The summed E-state index contributed by atoms with van der Waals surface area (Å²) in [5, 5.41) is 11.3. The van der Waals surface area contributed by atoms with Crippen LogP contribution in [0.1, 0.15) is 23.7 Å². The Labute approximate surface area is 146 Å². The molecule has 1 aliphatic heterocycles. The van der Waals surface area contributed by atoms with E-state index < -0.39 is 0 Å². The minimum absolute atomic E-state index is 0. The zero-order valence-electron chi connectivity index (χ0n) is 12.8. The summed E-state index contributed by atoms with van der Waals surface area (Å²) in [6, 6.07) is 7.50. The summed E-state index contributed by atoms with van der Waals surface area (Å²) in [6.45, 7) is 4.00. The lowest BCUT2D eigenvalue weighted by Gasteiger charge is -2.30. The fourth-order valence-electron chi connectivity index (χ4n) is 2.61. The van der Waals surface area contributed by atoms with Crippen LogP contribution in [0.4, 0.5) is 0 Å². The van der Waals surface area contributed by atoms with Crippen molar-refractivity contribution < 1.29 is 4.79 Å². The number of hydrogen-bond acceptors (Lipinski definition) is 3. The van der Waals surface area contributed by atoms with Crippen molar-refractivity contribution in [3.63, 3.8) is 0 Å². The van der Waals surface area contributed by atoms with Crippen LogP contribution in [0, 0.1) is 5.92 Å². The van der Waals surface area contributed by atoms with E-state index in [0.717, 1.165) is 25.2 Å². The van der Waals surface area contributed by atoms with Crippen LogP contribution in [0.2, 0.25) is 5.02 Å². The van der Waals surface area contributed by atoms with Gasteiger partial charge in [0.15, 0.2) is 0 Å². The number of nitrogens with zero attached hydrogens (tertiary/aromatic N) is 2. The maximum Gasteiger partial charge on any atom is 0.254 e. The summed E-state index contributed by atoms with van der Waals surface area (Å²) in [4.78, 5) is 12.3. The Morgan fingerprint density at radius 3 is 2.83 bits per heavy atom. The Balaban J connectivity index is 0.00000192. The molecule has 1 fully saturated rings. The van der Waals surface area contributed by atoms with Gasteiger partial charge in [-0.1, -0.05) is 18.5 Å². The number of nitrogens with one attached hydrogen (secondary N) is 2. The van der Waals surface area contributed by atoms with Crippen LogP contribution in [-0.2, 0) is 0 Å². The highest BCUT2D eigenvalue weighted by Crippen LogP contribution is 2.15. The lowest BCUT2D eigenvalue weighted by Crippen LogP contribution is -2.50. The number of hydrogen-bond donors (Lipinski definition) is 2. The Morgan fingerprint density at radius 2 is 2.13 bits per heavy atom. The van der Waals surface area contributed by atoms with E-state index in [1.165, 1.54) is 0 Å². The monoisotopic (exact) mass is 354 g/mol. The van der Waals surface area contributed by atoms with Crippen LogP contribution < -0.4 is 10.6 Å². The van der Waals surface area contributed by atoms with Crippen molar-refractivity contribution in [3.05, 3.63) is 47.2 Å². The molecular weight excluding hydrogens is 335 g/mol. The van der Waals surface area contributed by atoms with Gasteiger partial charge in [0.1, 0.15) is 0 Å². The lowest BCUT2D eigenvalue weighted by molar-refractivity contribution is 0.0915. The normalized spacial score (nSPS) is 20.6. The zero-order valence-corrected chi connectivity index (χ0v) is 14.4. The molecule has 1 saturated heterocycles. The minimum atomic E-state index is -0.0826. The molecule has 23 heavy (non-hydrogen) atoms. The van der Waals surface area contributed by atoms with E-state index in [0.29, 0.717) is 16.5 Å². The Bertz CT molecular complexity index is 656. The number of halogens is 2. The van der Waals surface area contributed by atoms with Crippen LogP contribution in [0.25, 0.3) is 5.69 Å². The number of carbonyl (C=O) groups is 1. The summed E-state index contributed by atoms with van der Waals surface area (Å²) in [6.07, 6.45) is 4.40. The van der Waals surface area contributed by atoms with E-state index in [1.807, 2.05) is 12.1 Å². The number of rotatable bonds is 3. The second kappa shape index (κ2) is 7.81. The summed E-state index contributed by atoms with van der Waals surface area (Å²) in [5.74, 6) is 0.400. The van der Waals surface area contributed by atoms with Crippen molar-refractivity contribution in [3.8, 4) is 5.69 Å². The third-order valence-corrected chi connectivity index (χ3v) is 4.33. The summed E-state index contributed by atoms with van der Waals surface area (Å²) >= 11 is 5.88. The molecule has 5 nitrogen and oxygen atoms in total. The molecule has 1 amide bonds. The summed E-state index contributed by atoms with van der Waals surface area (Å²) in [7, 11) is 0. The first-order valence-corrected chi connectivity index (χ1v) is 7.83. The predicted molar refractivity (Wildman–Crippen MR) is 93.7 cm³/mol. The van der Waals surface area contributed by atoms with E-state index in [4.69, 9.17) is 11.6 Å². The summed E-state index contributed by atoms with van der Waals surface area (Å²) in [5.41, 5.74) is 1.43. The molecule has 0 radical (unpaired) electrons. The van der Waals surface area contributed by atoms with Crippen molar-refractivity contribution >= 4 is 29.9 Å². The maximum atomic E-state index is 12.3. The third-order valence-electron chi connectivity index (χ3n) is 4.08. The average Bonchev–Trinajstić information content (AvgIpc) is 3.00. The van der Waals surface area contributed by atoms with Crippen molar-refractivity contribution in [2.75, 3.05) is 13.1 Å². The van der Waals surface area contributed by atoms with Crippen LogP contribution in [0.5, 0.6) is 0 Å². The first-order valence-electron chi connectivity index (χ1n) is 7.45. The van der Waals surface area contributed by atoms with Gasteiger partial charge in [-0.3, -0.25) is 4.79 Å². The second-order valence-corrected chi connectivity index (χ2v) is 6.14. The SMILES string of the molecule is CC1CCNCC1NC(=O)c1cnn(-c2ccc(Cl)cc2)c1.Cl. The topological polar surface area (TPSA) is 58.9 Å². The molecule has 0 bridgehead atoms. The van der Waals surface area contributed by atoms with Gasteiger partial charge in [0, 0.05) is 23.8 Å².